The first-order chi connectivity index (χ1) is 12.5. The smallest absolute Gasteiger partial charge is 0.231 e. The number of carbonyl (C=O) groups excluding carboxylic acids is 1. The van der Waals surface area contributed by atoms with Crippen LogP contribution in [0, 0.1) is 0 Å². The van der Waals surface area contributed by atoms with Crippen LogP contribution in [0.2, 0.25) is 0 Å². The summed E-state index contributed by atoms with van der Waals surface area (Å²) in [6.45, 7) is 0.0873. The number of carbonyl (C=O) groups is 1. The zero-order chi connectivity index (χ0) is 18.4. The van der Waals surface area contributed by atoms with E-state index in [4.69, 9.17) is 23.7 Å². The summed E-state index contributed by atoms with van der Waals surface area (Å²) >= 11 is 0. The number of phenolic OH excluding ortho intramolecular Hbond substituents is 2. The Kier molecular flexibility index (Phi) is 3.68. The van der Waals surface area contributed by atoms with Gasteiger partial charge >= 0.3 is 0 Å². The molecule has 8 heteroatoms. The van der Waals surface area contributed by atoms with E-state index in [1.165, 1.54) is 20.3 Å². The fourth-order valence-electron chi connectivity index (χ4n) is 3.16. The maximum absolute atomic E-state index is 12.6. The number of aromatic hydroxyl groups is 2. The van der Waals surface area contributed by atoms with Gasteiger partial charge in [-0.05, 0) is 12.1 Å². The number of hydrogen-bond donors (Lipinski definition) is 2. The predicted molar refractivity (Wildman–Crippen MR) is 87.8 cm³/mol. The third-order valence-electron chi connectivity index (χ3n) is 4.37. The van der Waals surface area contributed by atoms with Crippen molar-refractivity contribution < 1.29 is 38.7 Å². The van der Waals surface area contributed by atoms with E-state index in [0.717, 1.165) is 0 Å². The molecule has 8 nitrogen and oxygen atoms in total. The highest BCUT2D eigenvalue weighted by Gasteiger charge is 2.34. The molecule has 0 saturated heterocycles. The minimum absolute atomic E-state index is 0.00269. The van der Waals surface area contributed by atoms with Gasteiger partial charge in [-0.1, -0.05) is 0 Å². The summed E-state index contributed by atoms with van der Waals surface area (Å²) in [7, 11) is 2.79. The largest absolute Gasteiger partial charge is 0.504 e. The molecule has 1 atom stereocenters. The molecule has 0 amide bonds. The molecule has 0 aromatic heterocycles. The summed E-state index contributed by atoms with van der Waals surface area (Å²) < 4.78 is 26.9. The van der Waals surface area contributed by atoms with Crippen LogP contribution in [0.15, 0.2) is 18.2 Å². The average Bonchev–Trinajstić information content (AvgIpc) is 3.09. The number of hydrogen-bond acceptors (Lipinski definition) is 8. The van der Waals surface area contributed by atoms with Crippen LogP contribution in [0.3, 0.4) is 0 Å². The molecule has 2 aromatic rings. The molecule has 2 aliphatic heterocycles. The molecule has 2 N–H and O–H groups in total. The van der Waals surface area contributed by atoms with Crippen molar-refractivity contribution in [1.29, 1.82) is 0 Å². The number of fused-ring (bicyclic) bond motifs is 2. The minimum atomic E-state index is -0.634. The molecule has 2 aliphatic rings. The second kappa shape index (κ2) is 5.91. The first-order valence-corrected chi connectivity index (χ1v) is 7.83. The van der Waals surface area contributed by atoms with Crippen LogP contribution in [-0.4, -0.2) is 37.0 Å². The van der Waals surface area contributed by atoms with E-state index < -0.39 is 11.9 Å². The number of methoxy groups -OCH3 is 2. The third-order valence-corrected chi connectivity index (χ3v) is 4.37. The van der Waals surface area contributed by atoms with Crippen LogP contribution in [0.4, 0.5) is 0 Å². The second-order valence-electron chi connectivity index (χ2n) is 5.84. The Balaban J connectivity index is 1.76. The molecule has 0 saturated carbocycles. The predicted octanol–water partition coefficient (Wildman–Crippen LogP) is 2.55. The van der Waals surface area contributed by atoms with Crippen LogP contribution in [0.5, 0.6) is 40.2 Å². The molecule has 2 aromatic carbocycles. The molecule has 0 fully saturated rings. The summed E-state index contributed by atoms with van der Waals surface area (Å²) in [5.74, 6) is 0.304. The van der Waals surface area contributed by atoms with Crippen molar-refractivity contribution in [3.8, 4) is 40.2 Å². The van der Waals surface area contributed by atoms with Gasteiger partial charge in [0.05, 0.1) is 20.6 Å². The molecular formula is C18H16O8. The SMILES string of the molecule is COc1cc([C@@H]2CC(=O)c3c(cc(O)c(OC)c3O)O2)cc2c1OCO2. The molecule has 26 heavy (non-hydrogen) atoms. The van der Waals surface area contributed by atoms with Gasteiger partial charge in [0, 0.05) is 11.6 Å². The third kappa shape index (κ3) is 2.33. The van der Waals surface area contributed by atoms with E-state index in [2.05, 4.69) is 0 Å². The molecule has 0 unspecified atom stereocenters. The lowest BCUT2D eigenvalue weighted by atomic mass is 9.94. The van der Waals surface area contributed by atoms with E-state index in [0.29, 0.717) is 22.8 Å². The van der Waals surface area contributed by atoms with Crippen molar-refractivity contribution in [3.05, 3.63) is 29.3 Å². The van der Waals surface area contributed by atoms with E-state index in [1.54, 1.807) is 12.1 Å². The van der Waals surface area contributed by atoms with E-state index in [9.17, 15) is 15.0 Å². The summed E-state index contributed by atoms with van der Waals surface area (Å²) in [5, 5.41) is 20.2. The molecule has 0 spiro atoms. The summed E-state index contributed by atoms with van der Waals surface area (Å²) in [6, 6.07) is 4.68. The normalized spacial score (nSPS) is 17.5. The van der Waals surface area contributed by atoms with Crippen molar-refractivity contribution in [2.45, 2.75) is 12.5 Å². The van der Waals surface area contributed by atoms with Crippen molar-refractivity contribution in [2.24, 2.45) is 0 Å². The van der Waals surface area contributed by atoms with Crippen molar-refractivity contribution >= 4 is 5.78 Å². The lowest BCUT2D eigenvalue weighted by Crippen LogP contribution is -2.20. The van der Waals surface area contributed by atoms with Gasteiger partial charge in [-0.15, -0.1) is 0 Å². The topological polar surface area (TPSA) is 104 Å². The summed E-state index contributed by atoms with van der Waals surface area (Å²) in [5.41, 5.74) is 0.642. The lowest BCUT2D eigenvalue weighted by Gasteiger charge is -2.27. The van der Waals surface area contributed by atoms with Gasteiger partial charge in [-0.3, -0.25) is 4.79 Å². The summed E-state index contributed by atoms with van der Waals surface area (Å²) in [6.07, 6.45) is -0.636. The van der Waals surface area contributed by atoms with Crippen molar-refractivity contribution in [3.63, 3.8) is 0 Å². The van der Waals surface area contributed by atoms with Gasteiger partial charge in [0.25, 0.3) is 0 Å². The number of rotatable bonds is 3. The highest BCUT2D eigenvalue weighted by Crippen LogP contribution is 2.50. The van der Waals surface area contributed by atoms with Crippen LogP contribution in [-0.2, 0) is 0 Å². The maximum Gasteiger partial charge on any atom is 0.231 e. The standard InChI is InChI=1S/C18H16O8/c1-22-13-3-8(4-14-18(13)25-7-24-14)11-5-9(19)15-12(26-11)6-10(20)17(23-2)16(15)21/h3-4,6,11,20-21H,5,7H2,1-2H3/t11-/m0/s1. The van der Waals surface area contributed by atoms with Gasteiger partial charge in [-0.25, -0.2) is 0 Å². The lowest BCUT2D eigenvalue weighted by molar-refractivity contribution is 0.0842. The minimum Gasteiger partial charge on any atom is -0.504 e. The number of ether oxygens (including phenoxy) is 5. The zero-order valence-electron chi connectivity index (χ0n) is 14.1. The Labute approximate surface area is 148 Å². The van der Waals surface area contributed by atoms with Crippen LogP contribution in [0.25, 0.3) is 0 Å². The molecule has 136 valence electrons. The van der Waals surface area contributed by atoms with E-state index >= 15 is 0 Å². The molecule has 0 radical (unpaired) electrons. The fourth-order valence-corrected chi connectivity index (χ4v) is 3.16. The molecule has 0 bridgehead atoms. The van der Waals surface area contributed by atoms with Gasteiger partial charge in [0.1, 0.15) is 17.4 Å². The Morgan fingerprint density at radius 1 is 1.08 bits per heavy atom. The highest BCUT2D eigenvalue weighted by atomic mass is 16.7. The first-order valence-electron chi connectivity index (χ1n) is 7.83. The van der Waals surface area contributed by atoms with Gasteiger partial charge < -0.3 is 33.9 Å². The monoisotopic (exact) mass is 360 g/mol. The second-order valence-corrected chi connectivity index (χ2v) is 5.84. The number of benzene rings is 2. The quantitative estimate of drug-likeness (QED) is 0.861. The van der Waals surface area contributed by atoms with Crippen molar-refractivity contribution in [1.82, 2.24) is 0 Å². The van der Waals surface area contributed by atoms with Gasteiger partial charge in [-0.2, -0.15) is 0 Å². The Morgan fingerprint density at radius 3 is 2.62 bits per heavy atom. The van der Waals surface area contributed by atoms with Gasteiger partial charge in [0.2, 0.25) is 18.3 Å². The van der Waals surface area contributed by atoms with Gasteiger partial charge in [0.15, 0.2) is 28.8 Å². The number of ketones is 1. The molecular weight excluding hydrogens is 344 g/mol. The highest BCUT2D eigenvalue weighted by molar-refractivity contribution is 6.03. The Bertz CT molecular complexity index is 905. The zero-order valence-corrected chi connectivity index (χ0v) is 14.1. The van der Waals surface area contributed by atoms with E-state index in [-0.39, 0.29) is 41.8 Å². The number of Topliss-reactive ketones (excluding diaryl/α,β-unsaturated/α-hetero) is 1. The Morgan fingerprint density at radius 2 is 1.88 bits per heavy atom. The molecule has 2 heterocycles. The molecule has 4 rings (SSSR count). The number of phenols is 2. The average molecular weight is 360 g/mol. The molecule has 0 aliphatic carbocycles. The maximum atomic E-state index is 12.6. The Hall–Kier alpha value is -3.29. The van der Waals surface area contributed by atoms with Crippen LogP contribution >= 0.6 is 0 Å². The fraction of sp³-hybridized carbons (Fsp3) is 0.278. The van der Waals surface area contributed by atoms with Crippen molar-refractivity contribution in [2.75, 3.05) is 21.0 Å². The van der Waals surface area contributed by atoms with Crippen LogP contribution in [0.1, 0.15) is 28.4 Å². The van der Waals surface area contributed by atoms with Crippen LogP contribution < -0.4 is 23.7 Å². The first kappa shape index (κ1) is 16.2. The van der Waals surface area contributed by atoms with E-state index in [1.807, 2.05) is 0 Å². The summed E-state index contributed by atoms with van der Waals surface area (Å²) in [4.78, 5) is 12.6.